The second-order valence-electron chi connectivity index (χ2n) is 8.73. The van der Waals surface area contributed by atoms with Gasteiger partial charge in [0.05, 0.1) is 12.5 Å². The lowest BCUT2D eigenvalue weighted by Crippen LogP contribution is -2.39. The van der Waals surface area contributed by atoms with Gasteiger partial charge in [-0.2, -0.15) is 0 Å². The van der Waals surface area contributed by atoms with Crippen molar-refractivity contribution in [2.24, 2.45) is 0 Å². The van der Waals surface area contributed by atoms with Crippen LogP contribution in [-0.2, 0) is 9.59 Å². The van der Waals surface area contributed by atoms with Gasteiger partial charge in [-0.25, -0.2) is 4.39 Å². The number of amides is 1. The summed E-state index contributed by atoms with van der Waals surface area (Å²) in [6.45, 7) is 4.55. The molecule has 1 amide bonds. The van der Waals surface area contributed by atoms with E-state index < -0.39 is 11.9 Å². The van der Waals surface area contributed by atoms with Crippen molar-refractivity contribution < 1.29 is 19.1 Å². The van der Waals surface area contributed by atoms with E-state index in [2.05, 4.69) is 41.4 Å². The highest BCUT2D eigenvalue weighted by Gasteiger charge is 2.24. The van der Waals surface area contributed by atoms with Gasteiger partial charge in [0, 0.05) is 18.9 Å². The summed E-state index contributed by atoms with van der Waals surface area (Å²) in [6.07, 6.45) is 4.66. The van der Waals surface area contributed by atoms with Crippen molar-refractivity contribution in [1.82, 2.24) is 10.2 Å². The fraction of sp³-hybridized carbons (Fsp3) is 0.462. The van der Waals surface area contributed by atoms with E-state index in [-0.39, 0.29) is 30.6 Å². The van der Waals surface area contributed by atoms with Crippen molar-refractivity contribution >= 4 is 11.9 Å². The van der Waals surface area contributed by atoms with Crippen LogP contribution >= 0.6 is 0 Å². The average molecular weight is 441 g/mol. The number of nitrogens with zero attached hydrogens (tertiary/aromatic N) is 1. The quantitative estimate of drug-likeness (QED) is 0.587. The van der Waals surface area contributed by atoms with Crippen LogP contribution in [0, 0.1) is 12.7 Å². The third-order valence-corrected chi connectivity index (χ3v) is 6.23. The zero-order valence-electron chi connectivity index (χ0n) is 18.7. The Morgan fingerprint density at radius 3 is 2.12 bits per heavy atom. The van der Waals surface area contributed by atoms with Crippen LogP contribution in [0.5, 0.6) is 0 Å². The van der Waals surface area contributed by atoms with Crippen LogP contribution < -0.4 is 5.32 Å². The third-order valence-electron chi connectivity index (χ3n) is 6.23. The molecule has 5 nitrogen and oxygen atoms in total. The molecule has 6 heteroatoms. The first-order valence-electron chi connectivity index (χ1n) is 11.5. The van der Waals surface area contributed by atoms with E-state index in [0.717, 1.165) is 25.9 Å². The number of likely N-dealkylation sites (tertiary alicyclic amines) is 1. The van der Waals surface area contributed by atoms with Crippen molar-refractivity contribution in [1.29, 1.82) is 0 Å². The van der Waals surface area contributed by atoms with Crippen molar-refractivity contribution in [3.05, 3.63) is 71.0 Å². The van der Waals surface area contributed by atoms with E-state index >= 15 is 0 Å². The molecule has 0 aromatic heterocycles. The number of carboxylic acids is 1. The molecule has 3 rings (SSSR count). The van der Waals surface area contributed by atoms with E-state index in [1.807, 2.05) is 0 Å². The van der Waals surface area contributed by atoms with Gasteiger partial charge in [0.1, 0.15) is 5.82 Å². The van der Waals surface area contributed by atoms with Crippen molar-refractivity contribution in [2.75, 3.05) is 19.6 Å². The van der Waals surface area contributed by atoms with Crippen LogP contribution in [0.4, 0.5) is 4.39 Å². The zero-order chi connectivity index (χ0) is 22.9. The van der Waals surface area contributed by atoms with E-state index in [0.29, 0.717) is 12.1 Å². The number of hydrogen-bond donors (Lipinski definition) is 2. The number of hydrogen-bond acceptors (Lipinski definition) is 3. The number of carboxylic acid groups (broad SMARTS) is 1. The van der Waals surface area contributed by atoms with Gasteiger partial charge < -0.3 is 10.4 Å². The lowest BCUT2D eigenvalue weighted by Gasteiger charge is -2.31. The lowest BCUT2D eigenvalue weighted by molar-refractivity contribution is -0.137. The molecule has 1 aliphatic heterocycles. The predicted molar refractivity (Wildman–Crippen MR) is 123 cm³/mol. The van der Waals surface area contributed by atoms with E-state index in [4.69, 9.17) is 0 Å². The third kappa shape index (κ3) is 7.16. The molecule has 0 radical (unpaired) electrons. The highest BCUT2D eigenvalue weighted by Crippen LogP contribution is 2.26. The molecule has 0 aliphatic carbocycles. The molecular weight excluding hydrogens is 407 g/mol. The number of rotatable bonds is 9. The molecule has 32 heavy (non-hydrogen) atoms. The van der Waals surface area contributed by atoms with Gasteiger partial charge in [0.2, 0.25) is 5.91 Å². The Balaban J connectivity index is 1.69. The Kier molecular flexibility index (Phi) is 8.80. The fourth-order valence-corrected chi connectivity index (χ4v) is 4.41. The number of halogens is 1. The smallest absolute Gasteiger partial charge is 0.303 e. The molecule has 0 bridgehead atoms. The summed E-state index contributed by atoms with van der Waals surface area (Å²) < 4.78 is 13.3. The van der Waals surface area contributed by atoms with Crippen LogP contribution in [0.3, 0.4) is 0 Å². The summed E-state index contributed by atoms with van der Waals surface area (Å²) >= 11 is 0. The van der Waals surface area contributed by atoms with Gasteiger partial charge in [-0.05, 0) is 56.1 Å². The molecule has 2 atom stereocenters. The Morgan fingerprint density at radius 1 is 0.938 bits per heavy atom. The van der Waals surface area contributed by atoms with Gasteiger partial charge >= 0.3 is 5.97 Å². The van der Waals surface area contributed by atoms with Gasteiger partial charge in [-0.15, -0.1) is 0 Å². The molecule has 1 aliphatic rings. The van der Waals surface area contributed by atoms with E-state index in [1.165, 1.54) is 36.1 Å². The van der Waals surface area contributed by atoms with Crippen molar-refractivity contribution in [3.8, 4) is 0 Å². The number of nitrogens with one attached hydrogen (secondary N) is 1. The topological polar surface area (TPSA) is 69.6 Å². The Bertz CT molecular complexity index is 875. The maximum atomic E-state index is 13.3. The van der Waals surface area contributed by atoms with Crippen LogP contribution in [-0.4, -0.2) is 41.5 Å². The fourth-order valence-electron chi connectivity index (χ4n) is 4.41. The molecule has 0 spiro atoms. The number of aliphatic carboxylic acids is 1. The van der Waals surface area contributed by atoms with Crippen LogP contribution in [0.15, 0.2) is 48.5 Å². The average Bonchev–Trinajstić information content (AvgIpc) is 3.04. The summed E-state index contributed by atoms with van der Waals surface area (Å²) in [6, 6.07) is 14.3. The minimum absolute atomic E-state index is 0.0541. The molecule has 2 aromatic rings. The predicted octanol–water partition coefficient (Wildman–Crippen LogP) is 4.82. The second-order valence-corrected chi connectivity index (χ2v) is 8.73. The Morgan fingerprint density at radius 2 is 1.53 bits per heavy atom. The minimum atomic E-state index is -0.978. The first-order chi connectivity index (χ1) is 15.4. The lowest BCUT2D eigenvalue weighted by atomic mass is 9.92. The zero-order valence-corrected chi connectivity index (χ0v) is 18.7. The number of benzene rings is 2. The molecule has 172 valence electrons. The summed E-state index contributed by atoms with van der Waals surface area (Å²) in [5, 5.41) is 12.3. The monoisotopic (exact) mass is 440 g/mol. The van der Waals surface area contributed by atoms with E-state index in [1.54, 1.807) is 12.1 Å². The van der Waals surface area contributed by atoms with Crippen LogP contribution in [0.2, 0.25) is 0 Å². The Labute approximate surface area is 189 Å². The minimum Gasteiger partial charge on any atom is -0.481 e. The van der Waals surface area contributed by atoms with Crippen LogP contribution in [0.25, 0.3) is 0 Å². The Hall–Kier alpha value is -2.73. The first-order valence-corrected chi connectivity index (χ1v) is 11.5. The van der Waals surface area contributed by atoms with Gasteiger partial charge in [-0.3, -0.25) is 14.5 Å². The number of aryl methyl sites for hydroxylation is 1. The second kappa shape index (κ2) is 11.8. The highest BCUT2D eigenvalue weighted by atomic mass is 19.1. The molecule has 1 fully saturated rings. The molecule has 2 aromatic carbocycles. The van der Waals surface area contributed by atoms with Gasteiger partial charge in [0.25, 0.3) is 0 Å². The van der Waals surface area contributed by atoms with Crippen molar-refractivity contribution in [2.45, 2.75) is 57.4 Å². The summed E-state index contributed by atoms with van der Waals surface area (Å²) in [7, 11) is 0. The summed E-state index contributed by atoms with van der Waals surface area (Å²) in [5.41, 5.74) is 3.04. The molecule has 2 N–H and O–H groups in total. The first kappa shape index (κ1) is 23.9. The molecule has 0 saturated carbocycles. The normalized spacial score (nSPS) is 16.7. The number of carbonyl (C=O) groups is 2. The van der Waals surface area contributed by atoms with Crippen molar-refractivity contribution in [3.63, 3.8) is 0 Å². The van der Waals surface area contributed by atoms with Gasteiger partial charge in [0.15, 0.2) is 0 Å². The largest absolute Gasteiger partial charge is 0.481 e. The number of carbonyl (C=O) groups excluding carboxylic acids is 1. The molecular formula is C26H33FN2O3. The maximum absolute atomic E-state index is 13.3. The maximum Gasteiger partial charge on any atom is 0.303 e. The van der Waals surface area contributed by atoms with Crippen LogP contribution in [0.1, 0.15) is 67.2 Å². The SMILES string of the molecule is Cc1ccc(C(CNC(=O)CC(CC(=O)O)c2ccc(F)cc2)N2CCCCCC2)cc1. The summed E-state index contributed by atoms with van der Waals surface area (Å²) in [5.74, 6) is -2.04. The molecule has 1 heterocycles. The molecule has 2 unspecified atom stereocenters. The molecule has 1 saturated heterocycles. The summed E-state index contributed by atoms with van der Waals surface area (Å²) in [4.78, 5) is 26.6. The van der Waals surface area contributed by atoms with Gasteiger partial charge in [-0.1, -0.05) is 54.8 Å². The highest BCUT2D eigenvalue weighted by molar-refractivity contribution is 5.78. The standard InChI is InChI=1S/C26H33FN2O3/c1-19-6-8-21(9-7-19)24(29-14-4-2-3-5-15-29)18-28-25(30)16-22(17-26(31)32)20-10-12-23(27)13-11-20/h6-13,22,24H,2-5,14-18H2,1H3,(H,28,30)(H,31,32). The van der Waals surface area contributed by atoms with E-state index in [9.17, 15) is 19.1 Å².